The molecule has 0 atom stereocenters. The Morgan fingerprint density at radius 3 is 2.50 bits per heavy atom. The summed E-state index contributed by atoms with van der Waals surface area (Å²) < 4.78 is 0. The zero-order chi connectivity index (χ0) is 8.77. The van der Waals surface area contributed by atoms with E-state index in [0.717, 1.165) is 24.2 Å². The number of rotatable bonds is 0. The van der Waals surface area contributed by atoms with E-state index in [4.69, 9.17) is 0 Å². The second kappa shape index (κ2) is 2.21. The van der Waals surface area contributed by atoms with Crippen LogP contribution in [0.1, 0.15) is 25.7 Å². The number of carbonyl (C=O) groups excluding carboxylic acids is 2. The SMILES string of the molecule is CN1C(=O)CC2(CCC2)NC1=O. The fourth-order valence-electron chi connectivity index (χ4n) is 1.78. The third-order valence-corrected chi connectivity index (χ3v) is 2.85. The molecule has 0 aromatic heterocycles. The van der Waals surface area contributed by atoms with Crippen molar-refractivity contribution < 1.29 is 9.59 Å². The summed E-state index contributed by atoms with van der Waals surface area (Å²) in [5.41, 5.74) is -0.166. The number of nitrogens with one attached hydrogen (secondary N) is 1. The van der Waals surface area contributed by atoms with Crippen molar-refractivity contribution in [2.45, 2.75) is 31.2 Å². The van der Waals surface area contributed by atoms with E-state index < -0.39 is 0 Å². The Bertz CT molecular complexity index is 225. The van der Waals surface area contributed by atoms with Crippen molar-refractivity contribution in [1.29, 1.82) is 0 Å². The van der Waals surface area contributed by atoms with Crippen LogP contribution in [-0.2, 0) is 4.79 Å². The van der Waals surface area contributed by atoms with Gasteiger partial charge < -0.3 is 5.32 Å². The van der Waals surface area contributed by atoms with E-state index >= 15 is 0 Å². The Labute approximate surface area is 70.9 Å². The average Bonchev–Trinajstić information content (AvgIpc) is 1.96. The molecule has 1 N–H and O–H groups in total. The molecule has 4 nitrogen and oxygen atoms in total. The van der Waals surface area contributed by atoms with Gasteiger partial charge in [-0.2, -0.15) is 0 Å². The summed E-state index contributed by atoms with van der Waals surface area (Å²) in [4.78, 5) is 23.6. The highest BCUT2D eigenvalue weighted by Crippen LogP contribution is 2.37. The number of hydrogen-bond donors (Lipinski definition) is 1. The van der Waals surface area contributed by atoms with Crippen LogP contribution in [0, 0.1) is 0 Å². The van der Waals surface area contributed by atoms with Crippen LogP contribution < -0.4 is 5.32 Å². The predicted octanol–water partition coefficient (Wildman–Crippen LogP) is 0.481. The molecule has 1 saturated heterocycles. The van der Waals surface area contributed by atoms with Crippen LogP contribution in [0.15, 0.2) is 0 Å². The normalized spacial score (nSPS) is 26.9. The van der Waals surface area contributed by atoms with Gasteiger partial charge in [0.25, 0.3) is 0 Å². The Kier molecular flexibility index (Phi) is 1.40. The number of carbonyl (C=O) groups is 2. The Hall–Kier alpha value is -1.06. The molecule has 0 bridgehead atoms. The van der Waals surface area contributed by atoms with Gasteiger partial charge in [-0.25, -0.2) is 4.79 Å². The zero-order valence-corrected chi connectivity index (χ0v) is 7.09. The average molecular weight is 168 g/mol. The quantitative estimate of drug-likeness (QED) is 0.572. The standard InChI is InChI=1S/C8H12N2O2/c1-10-6(11)5-8(3-2-4-8)9-7(10)12/h2-5H2,1H3,(H,9,12). The minimum Gasteiger partial charge on any atom is -0.332 e. The molecular weight excluding hydrogens is 156 g/mol. The van der Waals surface area contributed by atoms with Crippen molar-refractivity contribution in [3.8, 4) is 0 Å². The van der Waals surface area contributed by atoms with Crippen molar-refractivity contribution in [2.24, 2.45) is 0 Å². The largest absolute Gasteiger partial charge is 0.332 e. The molecular formula is C8H12N2O2. The topological polar surface area (TPSA) is 49.4 Å². The molecule has 1 heterocycles. The van der Waals surface area contributed by atoms with E-state index in [0.29, 0.717) is 6.42 Å². The summed E-state index contributed by atoms with van der Waals surface area (Å²) in [6, 6.07) is -0.244. The van der Waals surface area contributed by atoms with Crippen LogP contribution in [0.2, 0.25) is 0 Å². The number of hydrogen-bond acceptors (Lipinski definition) is 2. The maximum atomic E-state index is 11.3. The van der Waals surface area contributed by atoms with Gasteiger partial charge in [0.05, 0.1) is 12.0 Å². The fraction of sp³-hybridized carbons (Fsp3) is 0.750. The van der Waals surface area contributed by atoms with Crippen LogP contribution in [0.5, 0.6) is 0 Å². The van der Waals surface area contributed by atoms with Crippen molar-refractivity contribution in [1.82, 2.24) is 10.2 Å². The van der Waals surface area contributed by atoms with E-state index in [-0.39, 0.29) is 17.5 Å². The molecule has 1 aliphatic carbocycles. The lowest BCUT2D eigenvalue weighted by Crippen LogP contribution is -2.63. The summed E-state index contributed by atoms with van der Waals surface area (Å²) in [5, 5.41) is 2.88. The van der Waals surface area contributed by atoms with Gasteiger partial charge in [-0.05, 0) is 19.3 Å². The van der Waals surface area contributed by atoms with Crippen LogP contribution in [0.3, 0.4) is 0 Å². The van der Waals surface area contributed by atoms with E-state index in [1.807, 2.05) is 0 Å². The molecule has 1 saturated carbocycles. The van der Waals surface area contributed by atoms with Gasteiger partial charge in [-0.15, -0.1) is 0 Å². The van der Waals surface area contributed by atoms with Gasteiger partial charge in [0.1, 0.15) is 0 Å². The first-order valence-corrected chi connectivity index (χ1v) is 4.22. The number of urea groups is 1. The van der Waals surface area contributed by atoms with Crippen LogP contribution >= 0.6 is 0 Å². The summed E-state index contributed by atoms with van der Waals surface area (Å²) in [6.07, 6.45) is 3.52. The number of imide groups is 1. The second-order valence-corrected chi connectivity index (χ2v) is 3.69. The molecule has 66 valence electrons. The molecule has 0 radical (unpaired) electrons. The van der Waals surface area contributed by atoms with Crippen LogP contribution in [0.25, 0.3) is 0 Å². The van der Waals surface area contributed by atoms with Gasteiger partial charge in [0.15, 0.2) is 0 Å². The molecule has 3 amide bonds. The molecule has 2 aliphatic rings. The van der Waals surface area contributed by atoms with E-state index in [2.05, 4.69) is 5.32 Å². The van der Waals surface area contributed by atoms with Crippen molar-refractivity contribution in [3.05, 3.63) is 0 Å². The van der Waals surface area contributed by atoms with Crippen LogP contribution in [-0.4, -0.2) is 29.4 Å². The first-order valence-electron chi connectivity index (χ1n) is 4.22. The number of nitrogens with zero attached hydrogens (tertiary/aromatic N) is 1. The predicted molar refractivity (Wildman–Crippen MR) is 42.5 cm³/mol. The minimum atomic E-state index is -0.244. The smallest absolute Gasteiger partial charge is 0.324 e. The van der Waals surface area contributed by atoms with Gasteiger partial charge >= 0.3 is 6.03 Å². The molecule has 4 heteroatoms. The van der Waals surface area contributed by atoms with Crippen LogP contribution in [0.4, 0.5) is 4.79 Å². The minimum absolute atomic E-state index is 0.0570. The maximum absolute atomic E-state index is 11.3. The summed E-state index contributed by atoms with van der Waals surface area (Å²) >= 11 is 0. The Morgan fingerprint density at radius 2 is 2.08 bits per heavy atom. The van der Waals surface area contributed by atoms with E-state index in [1.165, 1.54) is 7.05 Å². The molecule has 12 heavy (non-hydrogen) atoms. The molecule has 2 rings (SSSR count). The molecule has 0 aromatic rings. The third-order valence-electron chi connectivity index (χ3n) is 2.85. The van der Waals surface area contributed by atoms with Gasteiger partial charge in [-0.3, -0.25) is 9.69 Å². The molecule has 1 aliphatic heterocycles. The van der Waals surface area contributed by atoms with Gasteiger partial charge in [-0.1, -0.05) is 0 Å². The highest BCUT2D eigenvalue weighted by molar-refractivity contribution is 5.97. The monoisotopic (exact) mass is 168 g/mol. The van der Waals surface area contributed by atoms with Gasteiger partial charge in [0.2, 0.25) is 5.91 Å². The Balaban J connectivity index is 2.15. The lowest BCUT2D eigenvalue weighted by atomic mass is 9.73. The summed E-state index contributed by atoms with van der Waals surface area (Å²) in [5.74, 6) is -0.0570. The first kappa shape index (κ1) is 7.58. The zero-order valence-electron chi connectivity index (χ0n) is 7.09. The molecule has 0 aromatic carbocycles. The molecule has 2 fully saturated rings. The highest BCUT2D eigenvalue weighted by Gasteiger charge is 2.45. The van der Waals surface area contributed by atoms with Crippen molar-refractivity contribution in [2.75, 3.05) is 7.05 Å². The lowest BCUT2D eigenvalue weighted by molar-refractivity contribution is -0.131. The van der Waals surface area contributed by atoms with E-state index in [1.54, 1.807) is 0 Å². The number of amides is 3. The lowest BCUT2D eigenvalue weighted by Gasteiger charge is -2.46. The summed E-state index contributed by atoms with van der Waals surface area (Å²) in [7, 11) is 1.52. The summed E-state index contributed by atoms with van der Waals surface area (Å²) in [6.45, 7) is 0. The fourth-order valence-corrected chi connectivity index (χ4v) is 1.78. The highest BCUT2D eigenvalue weighted by atomic mass is 16.2. The second-order valence-electron chi connectivity index (χ2n) is 3.69. The maximum Gasteiger partial charge on any atom is 0.324 e. The van der Waals surface area contributed by atoms with Crippen molar-refractivity contribution in [3.63, 3.8) is 0 Å². The first-order chi connectivity index (χ1) is 5.63. The molecule has 0 unspecified atom stereocenters. The van der Waals surface area contributed by atoms with Crippen molar-refractivity contribution >= 4 is 11.9 Å². The molecule has 1 spiro atoms. The Morgan fingerprint density at radius 1 is 1.42 bits per heavy atom. The van der Waals surface area contributed by atoms with Gasteiger partial charge in [0, 0.05) is 7.05 Å². The third kappa shape index (κ3) is 0.906. The van der Waals surface area contributed by atoms with E-state index in [9.17, 15) is 9.59 Å².